The number of amides is 2. The number of rotatable bonds is 3. The van der Waals surface area contributed by atoms with Crippen LogP contribution < -0.4 is 10.6 Å². The smallest absolute Gasteiger partial charge is 0.357 e. The molecule has 0 aromatic carbocycles. The Bertz CT molecular complexity index is 338. The molecule has 104 valence electrons. The van der Waals surface area contributed by atoms with E-state index in [2.05, 4.69) is 10.6 Å². The van der Waals surface area contributed by atoms with Crippen molar-refractivity contribution in [2.45, 2.75) is 18.4 Å². The highest BCUT2D eigenvalue weighted by atomic mass is 19.3. The van der Waals surface area contributed by atoms with Crippen molar-refractivity contribution in [3.8, 4) is 0 Å². The Labute approximate surface area is 100 Å². The fourth-order valence-corrected chi connectivity index (χ4v) is 1.63. The maximum atomic E-state index is 13.0. The first-order valence-corrected chi connectivity index (χ1v) is 5.21. The van der Waals surface area contributed by atoms with Crippen LogP contribution in [0, 0.1) is 0 Å². The number of piperazine rings is 1. The van der Waals surface area contributed by atoms with Gasteiger partial charge in [-0.15, -0.1) is 0 Å². The summed E-state index contributed by atoms with van der Waals surface area (Å²) in [6, 6.07) is -1.21. The third-order valence-corrected chi connectivity index (χ3v) is 2.61. The Morgan fingerprint density at radius 1 is 1.44 bits per heavy atom. The molecule has 1 saturated heterocycles. The van der Waals surface area contributed by atoms with Gasteiger partial charge in [-0.05, 0) is 0 Å². The molecule has 1 heterocycles. The van der Waals surface area contributed by atoms with E-state index in [1.807, 2.05) is 0 Å². The van der Waals surface area contributed by atoms with Gasteiger partial charge in [-0.25, -0.2) is 8.78 Å². The number of likely N-dealkylation sites (N-methyl/N-ethyl adjacent to an activating group) is 1. The topological polar surface area (TPSA) is 61.4 Å². The Hall–Kier alpha value is -1.38. The van der Waals surface area contributed by atoms with E-state index in [9.17, 15) is 27.2 Å². The van der Waals surface area contributed by atoms with E-state index in [1.54, 1.807) is 0 Å². The van der Waals surface area contributed by atoms with Crippen molar-refractivity contribution >= 4 is 11.8 Å². The second-order valence-electron chi connectivity index (χ2n) is 3.76. The van der Waals surface area contributed by atoms with Gasteiger partial charge in [0.05, 0.1) is 0 Å². The number of hydrogen-bond donors (Lipinski definition) is 2. The lowest BCUT2D eigenvalue weighted by molar-refractivity contribution is -0.184. The van der Waals surface area contributed by atoms with Crippen molar-refractivity contribution < 1.29 is 27.2 Å². The minimum absolute atomic E-state index is 0.0509. The molecule has 1 atom stereocenters. The van der Waals surface area contributed by atoms with Crippen LogP contribution in [0.2, 0.25) is 0 Å². The van der Waals surface area contributed by atoms with E-state index in [-0.39, 0.29) is 19.6 Å². The van der Waals surface area contributed by atoms with Crippen molar-refractivity contribution in [2.75, 3.05) is 26.7 Å². The molecule has 1 aliphatic heterocycles. The number of nitrogens with zero attached hydrogens (tertiary/aromatic N) is 1. The molecule has 5 nitrogen and oxygen atoms in total. The maximum Gasteiger partial charge on any atom is 0.383 e. The summed E-state index contributed by atoms with van der Waals surface area (Å²) >= 11 is 0. The van der Waals surface area contributed by atoms with Crippen molar-refractivity contribution in [3.05, 3.63) is 0 Å². The lowest BCUT2D eigenvalue weighted by Crippen LogP contribution is -2.63. The van der Waals surface area contributed by atoms with Gasteiger partial charge in [0.2, 0.25) is 5.91 Å². The van der Waals surface area contributed by atoms with Crippen LogP contribution in [-0.2, 0) is 9.59 Å². The molecule has 0 radical (unpaired) electrons. The van der Waals surface area contributed by atoms with Gasteiger partial charge < -0.3 is 15.5 Å². The van der Waals surface area contributed by atoms with Gasteiger partial charge in [-0.1, -0.05) is 0 Å². The fourth-order valence-electron chi connectivity index (χ4n) is 1.63. The highest BCUT2D eigenvalue weighted by Gasteiger charge is 2.53. The number of alkyl halides is 4. The number of halogens is 4. The Morgan fingerprint density at radius 3 is 2.56 bits per heavy atom. The van der Waals surface area contributed by atoms with E-state index in [1.165, 1.54) is 7.05 Å². The van der Waals surface area contributed by atoms with Crippen molar-refractivity contribution in [1.82, 2.24) is 15.5 Å². The molecular weight excluding hydrogens is 258 g/mol. The van der Waals surface area contributed by atoms with Crippen LogP contribution >= 0.6 is 0 Å². The molecule has 0 bridgehead atoms. The van der Waals surface area contributed by atoms with E-state index < -0.39 is 30.2 Å². The minimum Gasteiger partial charge on any atom is -0.357 e. The average Bonchev–Trinajstić information content (AvgIpc) is 2.36. The summed E-state index contributed by atoms with van der Waals surface area (Å²) in [7, 11) is 1.27. The zero-order valence-electron chi connectivity index (χ0n) is 9.55. The van der Waals surface area contributed by atoms with Gasteiger partial charge in [0, 0.05) is 26.7 Å². The first-order chi connectivity index (χ1) is 8.32. The zero-order chi connectivity index (χ0) is 13.9. The molecule has 0 aliphatic carbocycles. The summed E-state index contributed by atoms with van der Waals surface area (Å²) in [5, 5.41) is 4.92. The molecule has 0 saturated carbocycles. The molecule has 2 N–H and O–H groups in total. The monoisotopic (exact) mass is 271 g/mol. The van der Waals surface area contributed by atoms with Crippen LogP contribution in [-0.4, -0.2) is 61.8 Å². The van der Waals surface area contributed by atoms with Gasteiger partial charge >= 0.3 is 12.3 Å². The van der Waals surface area contributed by atoms with Gasteiger partial charge in [-0.3, -0.25) is 9.59 Å². The number of carbonyl (C=O) groups is 2. The van der Waals surface area contributed by atoms with Crippen LogP contribution in [0.5, 0.6) is 0 Å². The predicted molar refractivity (Wildman–Crippen MR) is 53.4 cm³/mol. The second-order valence-corrected chi connectivity index (χ2v) is 3.76. The molecule has 18 heavy (non-hydrogen) atoms. The number of nitrogens with one attached hydrogen (secondary N) is 2. The van der Waals surface area contributed by atoms with Gasteiger partial charge in [0.1, 0.15) is 6.04 Å². The molecule has 0 aromatic heterocycles. The largest absolute Gasteiger partial charge is 0.383 e. The molecule has 1 aliphatic rings. The average molecular weight is 271 g/mol. The third-order valence-electron chi connectivity index (χ3n) is 2.61. The summed E-state index contributed by atoms with van der Waals surface area (Å²) in [5.74, 6) is -7.47. The van der Waals surface area contributed by atoms with Crippen LogP contribution in [0.4, 0.5) is 17.6 Å². The Kier molecular flexibility index (Phi) is 4.49. The van der Waals surface area contributed by atoms with Crippen molar-refractivity contribution in [3.63, 3.8) is 0 Å². The number of hydrogen-bond acceptors (Lipinski definition) is 3. The van der Waals surface area contributed by atoms with Crippen molar-refractivity contribution in [2.24, 2.45) is 0 Å². The summed E-state index contributed by atoms with van der Waals surface area (Å²) in [6.45, 7) is -0.109. The van der Waals surface area contributed by atoms with Gasteiger partial charge in [-0.2, -0.15) is 8.78 Å². The molecule has 0 aromatic rings. The van der Waals surface area contributed by atoms with Crippen LogP contribution in [0.3, 0.4) is 0 Å². The van der Waals surface area contributed by atoms with Crippen LogP contribution in [0.15, 0.2) is 0 Å². The summed E-state index contributed by atoms with van der Waals surface area (Å²) < 4.78 is 50.2. The highest BCUT2D eigenvalue weighted by Crippen LogP contribution is 2.26. The first-order valence-electron chi connectivity index (χ1n) is 5.21. The summed E-state index contributed by atoms with van der Waals surface area (Å²) in [6.07, 6.45) is -4.09. The summed E-state index contributed by atoms with van der Waals surface area (Å²) in [5.41, 5.74) is 0. The second kappa shape index (κ2) is 5.51. The van der Waals surface area contributed by atoms with Crippen molar-refractivity contribution in [1.29, 1.82) is 0 Å². The molecule has 2 amide bonds. The minimum atomic E-state index is -4.77. The van der Waals surface area contributed by atoms with E-state index in [4.69, 9.17) is 0 Å². The lowest BCUT2D eigenvalue weighted by atomic mass is 10.1. The lowest BCUT2D eigenvalue weighted by Gasteiger charge is -2.36. The van der Waals surface area contributed by atoms with Gasteiger partial charge in [0.15, 0.2) is 0 Å². The molecule has 9 heteroatoms. The van der Waals surface area contributed by atoms with Crippen LogP contribution in [0.25, 0.3) is 0 Å². The number of carbonyl (C=O) groups excluding carboxylic acids is 2. The third kappa shape index (κ3) is 2.71. The molecular formula is C9H13F4N3O2. The molecule has 0 spiro atoms. The van der Waals surface area contributed by atoms with E-state index in [0.717, 1.165) is 0 Å². The zero-order valence-corrected chi connectivity index (χ0v) is 9.55. The van der Waals surface area contributed by atoms with E-state index >= 15 is 0 Å². The summed E-state index contributed by atoms with van der Waals surface area (Å²) in [4.78, 5) is 23.3. The SMILES string of the molecule is CNC(=O)C1CNCCN1C(=O)C(F)(F)C(F)F. The Balaban J connectivity index is 2.90. The quantitative estimate of drug-likeness (QED) is 0.676. The molecule has 1 fully saturated rings. The van der Waals surface area contributed by atoms with Gasteiger partial charge in [0.25, 0.3) is 5.91 Å². The normalized spacial score (nSPS) is 21.0. The first kappa shape index (κ1) is 14.7. The van der Waals surface area contributed by atoms with Crippen LogP contribution in [0.1, 0.15) is 0 Å². The molecule has 1 rings (SSSR count). The molecule has 1 unspecified atom stereocenters. The maximum absolute atomic E-state index is 13.0. The fraction of sp³-hybridized carbons (Fsp3) is 0.778. The Morgan fingerprint density at radius 2 is 2.06 bits per heavy atom. The standard InChI is InChI=1S/C9H13F4N3O2/c1-14-6(17)5-4-15-2-3-16(5)8(18)9(12,13)7(10)11/h5,7,15H,2-4H2,1H3,(H,14,17). The predicted octanol–water partition coefficient (Wildman–Crippen LogP) is -0.567. The highest BCUT2D eigenvalue weighted by molar-refractivity contribution is 5.91. The van der Waals surface area contributed by atoms with E-state index in [0.29, 0.717) is 4.90 Å².